The summed E-state index contributed by atoms with van der Waals surface area (Å²) in [5.74, 6) is 0.150. The van der Waals surface area contributed by atoms with Crippen LogP contribution in [-0.4, -0.2) is 40.9 Å². The Balaban J connectivity index is 2.11. The Morgan fingerprint density at radius 2 is 1.95 bits per heavy atom. The van der Waals surface area contributed by atoms with Gasteiger partial charge in [0.05, 0.1) is 17.3 Å². The van der Waals surface area contributed by atoms with Crippen molar-refractivity contribution < 1.29 is 23.4 Å². The fraction of sp³-hybridized carbons (Fsp3) is 0.625. The van der Waals surface area contributed by atoms with Gasteiger partial charge in [0.15, 0.2) is 0 Å². The molecule has 0 aliphatic carbocycles. The van der Waals surface area contributed by atoms with E-state index in [4.69, 9.17) is 0 Å². The summed E-state index contributed by atoms with van der Waals surface area (Å²) in [7, 11) is 0. The molecule has 1 aromatic carbocycles. The molecule has 1 fully saturated rings. The molecule has 1 aliphatic rings. The van der Waals surface area contributed by atoms with E-state index in [-0.39, 0.29) is 18.0 Å². The number of hydrogen-bond donors (Lipinski definition) is 2. The SMILES string of the molecule is CC(O)C1CCN(CC(C)(O)c2cccc(C(F)(F)F)c2)C1. The summed E-state index contributed by atoms with van der Waals surface area (Å²) < 4.78 is 38.3. The number of β-amino-alcohol motifs (C(OH)–C–C–N with tert-alkyl or cyclic N) is 1. The zero-order valence-corrected chi connectivity index (χ0v) is 12.8. The van der Waals surface area contributed by atoms with Crippen molar-refractivity contribution in [2.45, 2.75) is 38.1 Å². The zero-order chi connectivity index (χ0) is 16.5. The predicted molar refractivity (Wildman–Crippen MR) is 77.2 cm³/mol. The number of halogens is 3. The van der Waals surface area contributed by atoms with Crippen LogP contribution in [0.5, 0.6) is 0 Å². The van der Waals surface area contributed by atoms with Crippen molar-refractivity contribution in [3.8, 4) is 0 Å². The molecule has 0 amide bonds. The fourth-order valence-electron chi connectivity index (χ4n) is 2.96. The molecule has 22 heavy (non-hydrogen) atoms. The van der Waals surface area contributed by atoms with E-state index in [9.17, 15) is 23.4 Å². The number of likely N-dealkylation sites (tertiary alicyclic amines) is 1. The second-order valence-corrected chi connectivity index (χ2v) is 6.38. The van der Waals surface area contributed by atoms with Crippen LogP contribution in [-0.2, 0) is 11.8 Å². The van der Waals surface area contributed by atoms with Crippen molar-refractivity contribution in [2.75, 3.05) is 19.6 Å². The molecule has 0 aromatic heterocycles. The second kappa shape index (κ2) is 6.18. The molecule has 2 rings (SSSR count). The van der Waals surface area contributed by atoms with Crippen LogP contribution in [0.3, 0.4) is 0 Å². The van der Waals surface area contributed by atoms with E-state index in [0.29, 0.717) is 6.54 Å². The molecule has 3 unspecified atom stereocenters. The monoisotopic (exact) mass is 317 g/mol. The summed E-state index contributed by atoms with van der Waals surface area (Å²) in [6.07, 6.45) is -4.00. The third-order valence-corrected chi connectivity index (χ3v) is 4.33. The smallest absolute Gasteiger partial charge is 0.393 e. The van der Waals surface area contributed by atoms with Crippen LogP contribution in [0, 0.1) is 5.92 Å². The third kappa shape index (κ3) is 4.00. The lowest BCUT2D eigenvalue weighted by Gasteiger charge is -2.30. The molecule has 0 bridgehead atoms. The Hall–Kier alpha value is -1.11. The fourth-order valence-corrected chi connectivity index (χ4v) is 2.96. The van der Waals surface area contributed by atoms with Crippen LogP contribution in [0.2, 0.25) is 0 Å². The van der Waals surface area contributed by atoms with Crippen LogP contribution in [0.15, 0.2) is 24.3 Å². The Morgan fingerprint density at radius 3 is 2.50 bits per heavy atom. The summed E-state index contributed by atoms with van der Waals surface area (Å²) in [6.45, 7) is 4.88. The Labute approximate surface area is 128 Å². The zero-order valence-electron chi connectivity index (χ0n) is 12.8. The molecular weight excluding hydrogens is 295 g/mol. The minimum Gasteiger partial charge on any atom is -0.393 e. The molecule has 0 saturated carbocycles. The lowest BCUT2D eigenvalue weighted by Crippen LogP contribution is -2.38. The van der Waals surface area contributed by atoms with Crippen molar-refractivity contribution >= 4 is 0 Å². The maximum absolute atomic E-state index is 12.8. The van der Waals surface area contributed by atoms with Crippen LogP contribution in [0.25, 0.3) is 0 Å². The number of hydrogen-bond acceptors (Lipinski definition) is 3. The van der Waals surface area contributed by atoms with Gasteiger partial charge in [-0.1, -0.05) is 12.1 Å². The van der Waals surface area contributed by atoms with E-state index in [1.807, 2.05) is 4.90 Å². The molecule has 2 N–H and O–H groups in total. The van der Waals surface area contributed by atoms with Gasteiger partial charge in [-0.2, -0.15) is 13.2 Å². The van der Waals surface area contributed by atoms with Crippen LogP contribution in [0.4, 0.5) is 13.2 Å². The highest BCUT2D eigenvalue weighted by molar-refractivity contribution is 5.29. The van der Waals surface area contributed by atoms with Gasteiger partial charge in [0, 0.05) is 13.1 Å². The average Bonchev–Trinajstić information content (AvgIpc) is 2.86. The molecule has 0 spiro atoms. The quantitative estimate of drug-likeness (QED) is 0.897. The molecule has 3 atom stereocenters. The molecule has 1 aliphatic heterocycles. The van der Waals surface area contributed by atoms with Gasteiger partial charge in [-0.05, 0) is 50.4 Å². The maximum Gasteiger partial charge on any atom is 0.416 e. The highest BCUT2D eigenvalue weighted by Crippen LogP contribution is 2.33. The normalized spacial score (nSPS) is 24.2. The van der Waals surface area contributed by atoms with Crippen LogP contribution in [0.1, 0.15) is 31.4 Å². The first kappa shape index (κ1) is 17.2. The molecule has 3 nitrogen and oxygen atoms in total. The highest BCUT2D eigenvalue weighted by atomic mass is 19.4. The Kier molecular flexibility index (Phi) is 4.84. The van der Waals surface area contributed by atoms with Crippen LogP contribution < -0.4 is 0 Å². The van der Waals surface area contributed by atoms with E-state index in [1.54, 1.807) is 6.92 Å². The Bertz CT molecular complexity index is 514. The molecule has 1 aromatic rings. The van der Waals surface area contributed by atoms with Gasteiger partial charge in [-0.25, -0.2) is 0 Å². The third-order valence-electron chi connectivity index (χ3n) is 4.33. The van der Waals surface area contributed by atoms with E-state index < -0.39 is 23.4 Å². The van der Waals surface area contributed by atoms with Crippen molar-refractivity contribution in [1.29, 1.82) is 0 Å². The van der Waals surface area contributed by atoms with Crippen molar-refractivity contribution in [3.05, 3.63) is 35.4 Å². The van der Waals surface area contributed by atoms with Gasteiger partial charge in [-0.3, -0.25) is 4.90 Å². The highest BCUT2D eigenvalue weighted by Gasteiger charge is 2.35. The van der Waals surface area contributed by atoms with E-state index in [0.717, 1.165) is 25.1 Å². The van der Waals surface area contributed by atoms with E-state index >= 15 is 0 Å². The number of aliphatic hydroxyl groups excluding tert-OH is 1. The lowest BCUT2D eigenvalue weighted by atomic mass is 9.93. The number of alkyl halides is 3. The molecule has 6 heteroatoms. The summed E-state index contributed by atoms with van der Waals surface area (Å²) in [5, 5.41) is 20.2. The number of aliphatic hydroxyl groups is 2. The first-order valence-electron chi connectivity index (χ1n) is 7.40. The standard InChI is InChI=1S/C16H22F3NO2/c1-11(21)12-6-7-20(9-12)10-15(2,22)13-4-3-5-14(8-13)16(17,18)19/h3-5,8,11-12,21-22H,6-7,9-10H2,1-2H3. The molecule has 1 heterocycles. The largest absolute Gasteiger partial charge is 0.416 e. The summed E-state index contributed by atoms with van der Waals surface area (Å²) >= 11 is 0. The van der Waals surface area contributed by atoms with Crippen molar-refractivity contribution in [1.82, 2.24) is 4.90 Å². The number of benzene rings is 1. The van der Waals surface area contributed by atoms with Gasteiger partial charge in [0.1, 0.15) is 0 Å². The molecule has 0 radical (unpaired) electrons. The topological polar surface area (TPSA) is 43.7 Å². The average molecular weight is 317 g/mol. The van der Waals surface area contributed by atoms with E-state index in [2.05, 4.69) is 0 Å². The number of rotatable bonds is 4. The maximum atomic E-state index is 12.8. The summed E-state index contributed by atoms with van der Waals surface area (Å²) in [6, 6.07) is 4.83. The van der Waals surface area contributed by atoms with Gasteiger partial charge in [0.2, 0.25) is 0 Å². The lowest BCUT2D eigenvalue weighted by molar-refractivity contribution is -0.137. The predicted octanol–water partition coefficient (Wildman–Crippen LogP) is 2.62. The van der Waals surface area contributed by atoms with Gasteiger partial charge >= 0.3 is 6.18 Å². The number of nitrogens with zero attached hydrogens (tertiary/aromatic N) is 1. The molecule has 1 saturated heterocycles. The van der Waals surface area contributed by atoms with Crippen molar-refractivity contribution in [2.24, 2.45) is 5.92 Å². The first-order chi connectivity index (χ1) is 10.1. The molecule has 124 valence electrons. The van der Waals surface area contributed by atoms with E-state index in [1.165, 1.54) is 19.1 Å². The van der Waals surface area contributed by atoms with Gasteiger partial charge in [0.25, 0.3) is 0 Å². The van der Waals surface area contributed by atoms with Crippen molar-refractivity contribution in [3.63, 3.8) is 0 Å². The second-order valence-electron chi connectivity index (χ2n) is 6.38. The van der Waals surface area contributed by atoms with Gasteiger partial charge in [-0.15, -0.1) is 0 Å². The summed E-state index contributed by atoms with van der Waals surface area (Å²) in [5.41, 5.74) is -1.87. The van der Waals surface area contributed by atoms with Crippen LogP contribution >= 0.6 is 0 Å². The first-order valence-corrected chi connectivity index (χ1v) is 7.40. The molecular formula is C16H22F3NO2. The minimum absolute atomic E-state index is 0.150. The van der Waals surface area contributed by atoms with Gasteiger partial charge < -0.3 is 10.2 Å². The minimum atomic E-state index is -4.42. The Morgan fingerprint density at radius 1 is 1.32 bits per heavy atom. The summed E-state index contributed by atoms with van der Waals surface area (Å²) in [4.78, 5) is 1.98.